The van der Waals surface area contributed by atoms with Crippen molar-refractivity contribution in [3.05, 3.63) is 35.9 Å². The highest BCUT2D eigenvalue weighted by atomic mass is 35.5. The molecule has 0 aromatic heterocycles. The fourth-order valence-corrected chi connectivity index (χ4v) is 5.30. The highest BCUT2D eigenvalue weighted by molar-refractivity contribution is 5.85. The lowest BCUT2D eigenvalue weighted by atomic mass is 9.84. The van der Waals surface area contributed by atoms with E-state index in [9.17, 15) is 4.79 Å². The van der Waals surface area contributed by atoms with E-state index in [1.807, 2.05) is 0 Å². The van der Waals surface area contributed by atoms with E-state index >= 15 is 0 Å². The predicted octanol–water partition coefficient (Wildman–Crippen LogP) is 2.88. The zero-order valence-corrected chi connectivity index (χ0v) is 17.5. The molecule has 0 radical (unpaired) electrons. The van der Waals surface area contributed by atoms with Crippen LogP contribution in [0.1, 0.15) is 31.2 Å². The number of amides is 1. The molecule has 2 bridgehead atoms. The van der Waals surface area contributed by atoms with Gasteiger partial charge in [-0.3, -0.25) is 4.79 Å². The molecule has 1 aromatic carbocycles. The third kappa shape index (κ3) is 5.17. The summed E-state index contributed by atoms with van der Waals surface area (Å²) >= 11 is 0. The molecule has 1 saturated heterocycles. The molecule has 4 nitrogen and oxygen atoms in total. The van der Waals surface area contributed by atoms with Crippen LogP contribution in [0, 0.1) is 23.7 Å². The minimum absolute atomic E-state index is 0. The summed E-state index contributed by atoms with van der Waals surface area (Å²) in [5.41, 5.74) is 7.70. The third-order valence-corrected chi connectivity index (χ3v) is 6.78. The van der Waals surface area contributed by atoms with Gasteiger partial charge in [0.1, 0.15) is 0 Å². The number of hydrogen-bond donors (Lipinski definition) is 2. The smallest absolute Gasteiger partial charge is 0.224 e. The molecule has 3 fully saturated rings. The highest BCUT2D eigenvalue weighted by Gasteiger charge is 2.49. The lowest BCUT2D eigenvalue weighted by Gasteiger charge is -2.27. The number of nitrogens with two attached hydrogens (primary N) is 1. The molecule has 6 heteroatoms. The Morgan fingerprint density at radius 3 is 2.56 bits per heavy atom. The third-order valence-electron chi connectivity index (χ3n) is 6.78. The van der Waals surface area contributed by atoms with Gasteiger partial charge in [-0.05, 0) is 62.0 Å². The van der Waals surface area contributed by atoms with Gasteiger partial charge in [0.15, 0.2) is 0 Å². The van der Waals surface area contributed by atoms with E-state index in [-0.39, 0.29) is 42.7 Å². The van der Waals surface area contributed by atoms with Crippen molar-refractivity contribution in [2.24, 2.45) is 29.4 Å². The second-order valence-corrected chi connectivity index (χ2v) is 8.37. The monoisotopic (exact) mass is 413 g/mol. The molecular formula is C21H33Cl2N3O. The summed E-state index contributed by atoms with van der Waals surface area (Å²) in [6.07, 6.45) is 5.91. The van der Waals surface area contributed by atoms with E-state index in [1.165, 1.54) is 31.2 Å². The first-order valence-corrected chi connectivity index (χ1v) is 10.0. The minimum atomic E-state index is 0. The molecule has 27 heavy (non-hydrogen) atoms. The Morgan fingerprint density at radius 2 is 1.85 bits per heavy atom. The van der Waals surface area contributed by atoms with Crippen LogP contribution in [-0.4, -0.2) is 43.0 Å². The molecule has 2 aliphatic carbocycles. The number of benzene rings is 1. The molecule has 3 aliphatic rings. The first-order valence-electron chi connectivity index (χ1n) is 10.0. The van der Waals surface area contributed by atoms with Crippen molar-refractivity contribution in [2.75, 3.05) is 26.2 Å². The van der Waals surface area contributed by atoms with Crippen LogP contribution in [0.2, 0.25) is 0 Å². The summed E-state index contributed by atoms with van der Waals surface area (Å²) in [7, 11) is 0. The van der Waals surface area contributed by atoms with Gasteiger partial charge in [-0.25, -0.2) is 0 Å². The maximum Gasteiger partial charge on any atom is 0.224 e. The van der Waals surface area contributed by atoms with Gasteiger partial charge >= 0.3 is 0 Å². The summed E-state index contributed by atoms with van der Waals surface area (Å²) in [6, 6.07) is 10.8. The first-order chi connectivity index (χ1) is 12.2. The largest absolute Gasteiger partial charge is 0.355 e. The molecule has 4 rings (SSSR count). The maximum atomic E-state index is 12.6. The van der Waals surface area contributed by atoms with Gasteiger partial charge in [-0.15, -0.1) is 24.8 Å². The van der Waals surface area contributed by atoms with E-state index in [1.54, 1.807) is 0 Å². The highest BCUT2D eigenvalue weighted by Crippen LogP contribution is 2.47. The number of carbonyl (C=O) groups is 1. The molecule has 1 heterocycles. The normalized spacial score (nSPS) is 32.0. The Hall–Kier alpha value is -0.810. The topological polar surface area (TPSA) is 58.4 Å². The number of carbonyl (C=O) groups excluding carboxylic acids is 1. The lowest BCUT2D eigenvalue weighted by molar-refractivity contribution is -0.127. The number of fused-ring (bicyclic) bond motifs is 2. The Kier molecular flexibility index (Phi) is 8.41. The number of nitrogens with zero attached hydrogens (tertiary/aromatic N) is 1. The Morgan fingerprint density at radius 1 is 1.11 bits per heavy atom. The van der Waals surface area contributed by atoms with Crippen molar-refractivity contribution in [2.45, 2.75) is 38.1 Å². The SMILES string of the molecule is Cl.Cl.NC1C2CCC(C2)C1C(=O)NCC1CCN(CCc2ccccc2)C1. The zero-order valence-electron chi connectivity index (χ0n) is 15.9. The van der Waals surface area contributed by atoms with Gasteiger partial charge in [0.25, 0.3) is 0 Å². The molecule has 2 saturated carbocycles. The Labute approximate surface area is 175 Å². The number of likely N-dealkylation sites (tertiary alicyclic amines) is 1. The summed E-state index contributed by atoms with van der Waals surface area (Å²) in [5.74, 6) is 2.04. The predicted molar refractivity (Wildman–Crippen MR) is 114 cm³/mol. The molecule has 1 aromatic rings. The van der Waals surface area contributed by atoms with E-state index in [0.29, 0.717) is 17.8 Å². The Balaban J connectivity index is 0.00000131. The van der Waals surface area contributed by atoms with Gasteiger partial charge in [0, 0.05) is 25.7 Å². The maximum absolute atomic E-state index is 12.6. The molecular weight excluding hydrogens is 381 g/mol. The van der Waals surface area contributed by atoms with E-state index < -0.39 is 0 Å². The minimum Gasteiger partial charge on any atom is -0.355 e. The number of rotatable bonds is 6. The van der Waals surface area contributed by atoms with Gasteiger partial charge in [0.05, 0.1) is 5.92 Å². The fraction of sp³-hybridized carbons (Fsp3) is 0.667. The number of hydrogen-bond acceptors (Lipinski definition) is 3. The van der Waals surface area contributed by atoms with E-state index in [4.69, 9.17) is 5.73 Å². The summed E-state index contributed by atoms with van der Waals surface area (Å²) in [5, 5.41) is 3.23. The van der Waals surface area contributed by atoms with Crippen molar-refractivity contribution in [1.29, 1.82) is 0 Å². The van der Waals surface area contributed by atoms with Crippen molar-refractivity contribution in [1.82, 2.24) is 10.2 Å². The molecule has 5 atom stereocenters. The summed E-state index contributed by atoms with van der Waals surface area (Å²) < 4.78 is 0. The summed E-state index contributed by atoms with van der Waals surface area (Å²) in [4.78, 5) is 15.1. The Bertz CT molecular complexity index is 598. The second-order valence-electron chi connectivity index (χ2n) is 8.37. The fourth-order valence-electron chi connectivity index (χ4n) is 5.30. The molecule has 0 spiro atoms. The van der Waals surface area contributed by atoms with E-state index in [2.05, 4.69) is 40.5 Å². The average Bonchev–Trinajstić information content (AvgIpc) is 3.35. The molecule has 5 unspecified atom stereocenters. The number of nitrogens with one attached hydrogen (secondary N) is 1. The van der Waals surface area contributed by atoms with Crippen molar-refractivity contribution >= 4 is 30.7 Å². The second kappa shape index (κ2) is 10.1. The quantitative estimate of drug-likeness (QED) is 0.753. The molecule has 1 amide bonds. The van der Waals surface area contributed by atoms with Gasteiger partial charge in [-0.2, -0.15) is 0 Å². The summed E-state index contributed by atoms with van der Waals surface area (Å²) in [6.45, 7) is 4.20. The van der Waals surface area contributed by atoms with Gasteiger partial charge in [-0.1, -0.05) is 30.3 Å². The van der Waals surface area contributed by atoms with Crippen LogP contribution in [0.4, 0.5) is 0 Å². The van der Waals surface area contributed by atoms with Crippen LogP contribution in [-0.2, 0) is 11.2 Å². The van der Waals surface area contributed by atoms with Crippen LogP contribution in [0.5, 0.6) is 0 Å². The lowest BCUT2D eigenvalue weighted by Crippen LogP contribution is -2.46. The zero-order chi connectivity index (χ0) is 17.2. The first kappa shape index (κ1) is 22.5. The number of halogens is 2. The van der Waals surface area contributed by atoms with Crippen molar-refractivity contribution in [3.63, 3.8) is 0 Å². The average molecular weight is 414 g/mol. The van der Waals surface area contributed by atoms with Crippen LogP contribution >= 0.6 is 24.8 Å². The van der Waals surface area contributed by atoms with Crippen molar-refractivity contribution < 1.29 is 4.79 Å². The van der Waals surface area contributed by atoms with Crippen LogP contribution < -0.4 is 11.1 Å². The van der Waals surface area contributed by atoms with Crippen molar-refractivity contribution in [3.8, 4) is 0 Å². The molecule has 3 N–H and O–H groups in total. The van der Waals surface area contributed by atoms with Gasteiger partial charge < -0.3 is 16.0 Å². The standard InChI is InChI=1S/C21H31N3O.2ClH/c22-20-18-7-6-17(12-18)19(20)21(25)23-13-16-9-11-24(14-16)10-8-15-4-2-1-3-5-15;;/h1-5,16-20H,6-14,22H2,(H,23,25);2*1H. The molecule has 152 valence electrons. The van der Waals surface area contributed by atoms with Crippen LogP contribution in [0.3, 0.4) is 0 Å². The molecule has 1 aliphatic heterocycles. The van der Waals surface area contributed by atoms with Crippen LogP contribution in [0.15, 0.2) is 30.3 Å². The van der Waals surface area contributed by atoms with Crippen LogP contribution in [0.25, 0.3) is 0 Å². The van der Waals surface area contributed by atoms with Gasteiger partial charge in [0.2, 0.25) is 5.91 Å². The van der Waals surface area contributed by atoms with E-state index in [0.717, 1.165) is 32.6 Å².